The van der Waals surface area contributed by atoms with Crippen molar-refractivity contribution in [3.8, 4) is 0 Å². The highest BCUT2D eigenvalue weighted by Crippen LogP contribution is 2.45. The van der Waals surface area contributed by atoms with E-state index in [9.17, 15) is 4.79 Å². The lowest BCUT2D eigenvalue weighted by molar-refractivity contribution is -0.108. The molecular formula is C16H14OS. The Morgan fingerprint density at radius 1 is 1.11 bits per heavy atom. The zero-order chi connectivity index (χ0) is 12.5. The monoisotopic (exact) mass is 254 g/mol. The minimum Gasteiger partial charge on any atom is -0.302 e. The van der Waals surface area contributed by atoms with E-state index in [0.29, 0.717) is 0 Å². The number of carbonyl (C=O) groups is 1. The van der Waals surface area contributed by atoms with Gasteiger partial charge in [0, 0.05) is 9.79 Å². The van der Waals surface area contributed by atoms with Gasteiger partial charge in [-0.1, -0.05) is 49.0 Å². The van der Waals surface area contributed by atoms with E-state index in [1.807, 2.05) is 12.1 Å². The first kappa shape index (κ1) is 11.5. The molecule has 2 heteroatoms. The van der Waals surface area contributed by atoms with Crippen molar-refractivity contribution >= 4 is 18.0 Å². The molecule has 0 amide bonds. The van der Waals surface area contributed by atoms with E-state index in [1.54, 1.807) is 11.8 Å². The zero-order valence-electron chi connectivity index (χ0n) is 10.2. The molecular weight excluding hydrogens is 240 g/mol. The molecule has 0 bridgehead atoms. The fourth-order valence-corrected chi connectivity index (χ4v) is 3.55. The maximum Gasteiger partial charge on any atom is 0.131 e. The molecule has 2 aromatic rings. The summed E-state index contributed by atoms with van der Waals surface area (Å²) in [5.74, 6) is -0.107. The number of hydrogen-bond donors (Lipinski definition) is 0. The number of rotatable bonds is 2. The normalized spacial score (nSPS) is 16.8. The van der Waals surface area contributed by atoms with E-state index >= 15 is 0 Å². The third-order valence-corrected chi connectivity index (χ3v) is 4.61. The van der Waals surface area contributed by atoms with Crippen LogP contribution in [0.25, 0.3) is 0 Å². The fourth-order valence-electron chi connectivity index (χ4n) is 2.42. The lowest BCUT2D eigenvalue weighted by Gasteiger charge is -2.24. The molecule has 0 fully saturated rings. The summed E-state index contributed by atoms with van der Waals surface area (Å²) in [4.78, 5) is 13.9. The van der Waals surface area contributed by atoms with Gasteiger partial charge in [0.1, 0.15) is 6.29 Å². The summed E-state index contributed by atoms with van der Waals surface area (Å²) in [5.41, 5.74) is 3.59. The van der Waals surface area contributed by atoms with Crippen LogP contribution < -0.4 is 0 Å². The summed E-state index contributed by atoms with van der Waals surface area (Å²) in [6.07, 6.45) is 2.07. The maximum atomic E-state index is 11.5. The van der Waals surface area contributed by atoms with E-state index in [0.717, 1.165) is 23.8 Å². The topological polar surface area (TPSA) is 17.1 Å². The molecule has 90 valence electrons. The van der Waals surface area contributed by atoms with Crippen LogP contribution in [-0.2, 0) is 11.2 Å². The summed E-state index contributed by atoms with van der Waals surface area (Å²) in [6.45, 7) is 2.14. The molecule has 0 radical (unpaired) electrons. The fraction of sp³-hybridized carbons (Fsp3) is 0.188. The number of carbonyl (C=O) groups excluding carboxylic acids is 1. The Morgan fingerprint density at radius 2 is 1.89 bits per heavy atom. The molecule has 18 heavy (non-hydrogen) atoms. The molecule has 3 rings (SSSR count). The van der Waals surface area contributed by atoms with Crippen molar-refractivity contribution in [3.63, 3.8) is 0 Å². The SMILES string of the molecule is CCc1ccc2c(c1)C(C=O)c1ccccc1S2. The van der Waals surface area contributed by atoms with Gasteiger partial charge in [-0.15, -0.1) is 0 Å². The van der Waals surface area contributed by atoms with Crippen molar-refractivity contribution in [1.29, 1.82) is 0 Å². The highest BCUT2D eigenvalue weighted by Gasteiger charge is 2.25. The molecule has 1 aliphatic rings. The van der Waals surface area contributed by atoms with Crippen LogP contribution in [0.1, 0.15) is 29.5 Å². The molecule has 0 aromatic heterocycles. The third kappa shape index (κ3) is 1.77. The molecule has 1 unspecified atom stereocenters. The average Bonchev–Trinajstić information content (AvgIpc) is 2.44. The Kier molecular flexibility index (Phi) is 2.96. The Hall–Kier alpha value is -1.54. The number of aldehydes is 1. The first-order valence-electron chi connectivity index (χ1n) is 6.18. The Morgan fingerprint density at radius 3 is 2.67 bits per heavy atom. The number of benzene rings is 2. The van der Waals surface area contributed by atoms with Crippen LogP contribution >= 0.6 is 11.8 Å². The van der Waals surface area contributed by atoms with Crippen LogP contribution in [0.15, 0.2) is 52.3 Å². The molecule has 0 spiro atoms. The van der Waals surface area contributed by atoms with E-state index in [1.165, 1.54) is 15.4 Å². The lowest BCUT2D eigenvalue weighted by atomic mass is 9.90. The minimum atomic E-state index is -0.107. The molecule has 0 saturated heterocycles. The second kappa shape index (κ2) is 4.62. The van der Waals surface area contributed by atoms with Crippen molar-refractivity contribution in [2.24, 2.45) is 0 Å². The van der Waals surface area contributed by atoms with Crippen LogP contribution in [0.4, 0.5) is 0 Å². The summed E-state index contributed by atoms with van der Waals surface area (Å²) >= 11 is 1.76. The van der Waals surface area contributed by atoms with E-state index in [4.69, 9.17) is 0 Å². The van der Waals surface area contributed by atoms with E-state index < -0.39 is 0 Å². The largest absolute Gasteiger partial charge is 0.302 e. The quantitative estimate of drug-likeness (QED) is 0.752. The van der Waals surface area contributed by atoms with Crippen molar-refractivity contribution in [2.45, 2.75) is 29.1 Å². The van der Waals surface area contributed by atoms with Gasteiger partial charge in [-0.3, -0.25) is 0 Å². The van der Waals surface area contributed by atoms with Gasteiger partial charge >= 0.3 is 0 Å². The van der Waals surface area contributed by atoms with Crippen molar-refractivity contribution in [3.05, 3.63) is 59.2 Å². The average molecular weight is 254 g/mol. The van der Waals surface area contributed by atoms with Crippen LogP contribution in [-0.4, -0.2) is 6.29 Å². The second-order valence-electron chi connectivity index (χ2n) is 4.48. The first-order chi connectivity index (χ1) is 8.83. The predicted octanol–water partition coefficient (Wildman–Crippen LogP) is 4.04. The highest BCUT2D eigenvalue weighted by atomic mass is 32.2. The van der Waals surface area contributed by atoms with Crippen molar-refractivity contribution < 1.29 is 4.79 Å². The van der Waals surface area contributed by atoms with E-state index in [-0.39, 0.29) is 5.92 Å². The molecule has 0 N–H and O–H groups in total. The van der Waals surface area contributed by atoms with Gasteiger partial charge in [-0.2, -0.15) is 0 Å². The first-order valence-corrected chi connectivity index (χ1v) is 7.00. The van der Waals surface area contributed by atoms with Crippen LogP contribution in [0.2, 0.25) is 0 Å². The van der Waals surface area contributed by atoms with Gasteiger partial charge in [-0.05, 0) is 35.2 Å². The molecule has 1 heterocycles. The van der Waals surface area contributed by atoms with Crippen molar-refractivity contribution in [1.82, 2.24) is 0 Å². The molecule has 1 nitrogen and oxygen atoms in total. The lowest BCUT2D eigenvalue weighted by Crippen LogP contribution is -2.10. The van der Waals surface area contributed by atoms with Gasteiger partial charge in [0.2, 0.25) is 0 Å². The molecule has 1 atom stereocenters. The molecule has 0 saturated carbocycles. The Labute approximate surface area is 111 Å². The summed E-state index contributed by atoms with van der Waals surface area (Å²) in [6, 6.07) is 14.7. The van der Waals surface area contributed by atoms with Gasteiger partial charge in [0.05, 0.1) is 5.92 Å². The number of hydrogen-bond acceptors (Lipinski definition) is 2. The zero-order valence-corrected chi connectivity index (χ0v) is 11.0. The molecule has 2 aromatic carbocycles. The van der Waals surface area contributed by atoms with Crippen molar-refractivity contribution in [2.75, 3.05) is 0 Å². The number of aryl methyl sites for hydroxylation is 1. The molecule has 0 aliphatic carbocycles. The smallest absolute Gasteiger partial charge is 0.131 e. The maximum absolute atomic E-state index is 11.5. The van der Waals surface area contributed by atoms with Gasteiger partial charge < -0.3 is 4.79 Å². The summed E-state index contributed by atoms with van der Waals surface area (Å²) in [5, 5.41) is 0. The van der Waals surface area contributed by atoms with Gasteiger partial charge in [-0.25, -0.2) is 0 Å². The highest BCUT2D eigenvalue weighted by molar-refractivity contribution is 7.99. The second-order valence-corrected chi connectivity index (χ2v) is 5.56. The predicted molar refractivity (Wildman–Crippen MR) is 74.3 cm³/mol. The summed E-state index contributed by atoms with van der Waals surface area (Å²) < 4.78 is 0. The Bertz CT molecular complexity index is 604. The minimum absolute atomic E-state index is 0.107. The van der Waals surface area contributed by atoms with E-state index in [2.05, 4.69) is 37.3 Å². The Balaban J connectivity index is 2.18. The standard InChI is InChI=1S/C16H14OS/c1-2-11-7-8-16-13(9-11)14(10-17)12-5-3-4-6-15(12)18-16/h3-10,14H,2H2,1H3. The van der Waals surface area contributed by atoms with Gasteiger partial charge in [0.25, 0.3) is 0 Å². The van der Waals surface area contributed by atoms with Crippen LogP contribution in [0.3, 0.4) is 0 Å². The van der Waals surface area contributed by atoms with Crippen LogP contribution in [0.5, 0.6) is 0 Å². The summed E-state index contributed by atoms with van der Waals surface area (Å²) in [7, 11) is 0. The van der Waals surface area contributed by atoms with Gasteiger partial charge in [0.15, 0.2) is 0 Å². The number of fused-ring (bicyclic) bond motifs is 2. The van der Waals surface area contributed by atoms with Crippen LogP contribution in [0, 0.1) is 0 Å². The molecule has 1 aliphatic heterocycles. The third-order valence-electron chi connectivity index (χ3n) is 3.43.